The van der Waals surface area contributed by atoms with Crippen LogP contribution in [-0.4, -0.2) is 23.9 Å². The number of rotatable bonds is 11. The Hall–Kier alpha value is 0.736. The average Bonchev–Trinajstić information content (AvgIpc) is 2.37. The smallest absolute Gasteiger partial charge is 0.542 e. The van der Waals surface area contributed by atoms with Crippen LogP contribution in [0.4, 0.5) is 0 Å². The molecule has 0 spiro atoms. The maximum Gasteiger partial charge on any atom is 1.00 e. The molecule has 0 saturated heterocycles. The Morgan fingerprint density at radius 2 is 1.37 bits per heavy atom. The van der Waals surface area contributed by atoms with Crippen LogP contribution in [-0.2, 0) is 9.59 Å². The van der Waals surface area contributed by atoms with Gasteiger partial charge in [0, 0.05) is 0 Å². The fourth-order valence-corrected chi connectivity index (χ4v) is 1.51. The molecule has 0 bridgehead atoms. The molecule has 4 nitrogen and oxygen atoms in total. The third-order valence-corrected chi connectivity index (χ3v) is 2.56. The van der Waals surface area contributed by atoms with Crippen molar-refractivity contribution in [3.63, 3.8) is 0 Å². The fourth-order valence-electron chi connectivity index (χ4n) is 1.51. The second kappa shape index (κ2) is 23.8. The Bertz CT molecular complexity index is 190. The fraction of sp³-hybridized carbons (Fsp3) is 0.857. The van der Waals surface area contributed by atoms with E-state index in [1.54, 1.807) is 0 Å². The molecule has 108 valence electrons. The molecule has 0 unspecified atom stereocenters. The molecule has 0 saturated carbocycles. The van der Waals surface area contributed by atoms with E-state index in [1.165, 1.54) is 51.4 Å². The normalized spacial score (nSPS) is 8.95. The molecule has 19 heavy (non-hydrogen) atoms. The molecule has 0 aromatic carbocycles. The molecule has 0 fully saturated rings. The number of hydrogen-bond donors (Lipinski definition) is 2. The van der Waals surface area contributed by atoms with Crippen molar-refractivity contribution in [2.75, 3.05) is 6.54 Å². The summed E-state index contributed by atoms with van der Waals surface area (Å²) in [6, 6.07) is 0. The van der Waals surface area contributed by atoms with Gasteiger partial charge in [-0.3, -0.25) is 11.1 Å². The molecule has 0 aliphatic carbocycles. The molecule has 3 N–H and O–H groups in total. The van der Waals surface area contributed by atoms with Gasteiger partial charge in [-0.2, -0.15) is 6.42 Å². The maximum atomic E-state index is 9.89. The zero-order valence-electron chi connectivity index (χ0n) is 12.6. The van der Waals surface area contributed by atoms with Gasteiger partial charge in [0.05, 0.1) is 6.54 Å². The Morgan fingerprint density at radius 1 is 1.00 bits per heavy atom. The van der Waals surface area contributed by atoms with E-state index >= 15 is 0 Å². The summed E-state index contributed by atoms with van der Waals surface area (Å²) >= 11 is 0. The van der Waals surface area contributed by atoms with Crippen molar-refractivity contribution in [3.05, 3.63) is 0 Å². The van der Waals surface area contributed by atoms with Crippen LogP contribution in [0.25, 0.3) is 0 Å². The van der Waals surface area contributed by atoms with Crippen molar-refractivity contribution >= 4 is 12.3 Å². The third kappa shape index (κ3) is 32.4. The minimum atomic E-state index is -0.968. The van der Waals surface area contributed by atoms with Crippen LogP contribution < -0.4 is 57.1 Å². The van der Waals surface area contributed by atoms with E-state index in [9.17, 15) is 9.59 Å². The van der Waals surface area contributed by atoms with Gasteiger partial charge in [0.1, 0.15) is 0 Å². The molecule has 0 aliphatic rings. The number of carbonyl (C=O) groups excluding carboxylic acids is 1. The molecule has 0 aromatic rings. The van der Waals surface area contributed by atoms with E-state index in [4.69, 9.17) is 5.11 Å². The Balaban J connectivity index is -0.000000366. The molecule has 0 heterocycles. The first-order valence-corrected chi connectivity index (χ1v) is 6.95. The van der Waals surface area contributed by atoms with Crippen molar-refractivity contribution in [1.29, 1.82) is 0 Å². The number of carbonyl (C=O) groups is 1. The Morgan fingerprint density at radius 3 is 1.68 bits per heavy atom. The Labute approximate surface area is 160 Å². The first-order valence-electron chi connectivity index (χ1n) is 6.95. The SMILES string of the molecule is CCCCCCCCCCC[C-]=O.NCC(=O)O.[K+]. The van der Waals surface area contributed by atoms with E-state index in [2.05, 4.69) is 12.7 Å². The summed E-state index contributed by atoms with van der Waals surface area (Å²) in [4.78, 5) is 19.1. The van der Waals surface area contributed by atoms with Crippen LogP contribution in [0.2, 0.25) is 0 Å². The number of nitrogens with two attached hydrogens (primary N) is 1. The maximum absolute atomic E-state index is 9.89. The topological polar surface area (TPSA) is 80.4 Å². The predicted molar refractivity (Wildman–Crippen MR) is 74.2 cm³/mol. The molecular formula is C14H28KNO3. The van der Waals surface area contributed by atoms with Crippen LogP contribution in [0.5, 0.6) is 0 Å². The van der Waals surface area contributed by atoms with Crippen molar-refractivity contribution < 1.29 is 66.1 Å². The van der Waals surface area contributed by atoms with Crippen molar-refractivity contribution in [2.24, 2.45) is 5.73 Å². The number of aliphatic carboxylic acids is 1. The molecular weight excluding hydrogens is 269 g/mol. The van der Waals surface area contributed by atoms with Gasteiger partial charge < -0.3 is 15.6 Å². The van der Waals surface area contributed by atoms with E-state index in [0.29, 0.717) is 6.42 Å². The number of carboxylic acid groups (broad SMARTS) is 1. The zero-order chi connectivity index (χ0) is 14.1. The van der Waals surface area contributed by atoms with Crippen LogP contribution in [0.15, 0.2) is 0 Å². The minimum absolute atomic E-state index is 0. The van der Waals surface area contributed by atoms with Gasteiger partial charge in [-0.1, -0.05) is 64.7 Å². The van der Waals surface area contributed by atoms with Gasteiger partial charge in [0.25, 0.3) is 0 Å². The van der Waals surface area contributed by atoms with Gasteiger partial charge in [-0.25, -0.2) is 0 Å². The molecule has 0 rings (SSSR count). The van der Waals surface area contributed by atoms with Crippen LogP contribution >= 0.6 is 0 Å². The summed E-state index contributed by atoms with van der Waals surface area (Å²) in [6.07, 6.45) is 14.4. The molecule has 0 amide bonds. The van der Waals surface area contributed by atoms with Crippen molar-refractivity contribution in [1.82, 2.24) is 0 Å². The van der Waals surface area contributed by atoms with Crippen molar-refractivity contribution in [3.8, 4) is 0 Å². The van der Waals surface area contributed by atoms with Gasteiger partial charge >= 0.3 is 57.4 Å². The average molecular weight is 297 g/mol. The summed E-state index contributed by atoms with van der Waals surface area (Å²) in [5, 5.41) is 7.60. The molecule has 5 heteroatoms. The van der Waals surface area contributed by atoms with E-state index in [1.807, 2.05) is 6.29 Å². The van der Waals surface area contributed by atoms with E-state index in [0.717, 1.165) is 6.42 Å². The molecule has 0 radical (unpaired) electrons. The van der Waals surface area contributed by atoms with Crippen LogP contribution in [0.1, 0.15) is 71.1 Å². The zero-order valence-corrected chi connectivity index (χ0v) is 15.7. The molecule has 0 aromatic heterocycles. The third-order valence-electron chi connectivity index (χ3n) is 2.56. The van der Waals surface area contributed by atoms with Gasteiger partial charge in [0.15, 0.2) is 0 Å². The van der Waals surface area contributed by atoms with Crippen molar-refractivity contribution in [2.45, 2.75) is 71.1 Å². The summed E-state index contributed by atoms with van der Waals surface area (Å²) in [7, 11) is 0. The largest absolute Gasteiger partial charge is 1.00 e. The molecule has 0 atom stereocenters. The van der Waals surface area contributed by atoms with Crippen LogP contribution in [0.3, 0.4) is 0 Å². The quantitative estimate of drug-likeness (QED) is 0.321. The number of unbranched alkanes of at least 4 members (excludes halogenated alkanes) is 9. The minimum Gasteiger partial charge on any atom is -0.542 e. The molecule has 0 aliphatic heterocycles. The summed E-state index contributed by atoms with van der Waals surface area (Å²) in [6.45, 7) is 1.97. The second-order valence-electron chi connectivity index (χ2n) is 4.32. The summed E-state index contributed by atoms with van der Waals surface area (Å²) in [5.74, 6) is -0.968. The first-order chi connectivity index (χ1) is 8.68. The van der Waals surface area contributed by atoms with Gasteiger partial charge in [-0.05, 0) is 0 Å². The summed E-state index contributed by atoms with van der Waals surface area (Å²) in [5.41, 5.74) is 4.57. The van der Waals surface area contributed by atoms with E-state index < -0.39 is 5.97 Å². The second-order valence-corrected chi connectivity index (χ2v) is 4.32. The predicted octanol–water partition coefficient (Wildman–Crippen LogP) is 0.0507. The number of carboxylic acids is 1. The monoisotopic (exact) mass is 297 g/mol. The summed E-state index contributed by atoms with van der Waals surface area (Å²) < 4.78 is 0. The number of hydrogen-bond acceptors (Lipinski definition) is 3. The standard InChI is InChI=1S/C12H23O.C2H5NO2.K/c1-2-3-4-5-6-7-8-9-10-11-12-13;3-1-2(4)5;/h2-11H2,1H3;1,3H2,(H,4,5);/q-1;;+1. The Kier molecular flexibility index (Phi) is 31.0. The van der Waals surface area contributed by atoms with Gasteiger partial charge in [-0.15, -0.1) is 0 Å². The van der Waals surface area contributed by atoms with Gasteiger partial charge in [0.2, 0.25) is 0 Å². The van der Waals surface area contributed by atoms with E-state index in [-0.39, 0.29) is 57.9 Å². The first kappa shape index (κ1) is 24.7. The van der Waals surface area contributed by atoms with Crippen LogP contribution in [0, 0.1) is 0 Å².